The molecule has 126 valence electrons. The van der Waals surface area contributed by atoms with Gasteiger partial charge in [0.1, 0.15) is 0 Å². The van der Waals surface area contributed by atoms with Gasteiger partial charge in [0, 0.05) is 46.0 Å². The van der Waals surface area contributed by atoms with E-state index in [9.17, 15) is 9.59 Å². The minimum Gasteiger partial charge on any atom is -0.339 e. The Morgan fingerprint density at radius 3 is 1.62 bits per heavy atom. The fourth-order valence-electron chi connectivity index (χ4n) is 2.91. The van der Waals surface area contributed by atoms with Crippen molar-refractivity contribution in [3.8, 4) is 0 Å². The Bertz CT molecular complexity index is 836. The van der Waals surface area contributed by atoms with Gasteiger partial charge in [0.15, 0.2) is 11.6 Å². The van der Waals surface area contributed by atoms with Gasteiger partial charge in [0.2, 0.25) is 0 Å². The maximum Gasteiger partial charge on any atom is 0.159 e. The van der Waals surface area contributed by atoms with Crippen LogP contribution in [0.3, 0.4) is 0 Å². The Balaban J connectivity index is 0.00000100. The number of hydrogen-bond donors (Lipinski definition) is 1. The average molecular weight is 324 g/mol. The van der Waals surface area contributed by atoms with Crippen molar-refractivity contribution < 1.29 is 9.59 Å². The van der Waals surface area contributed by atoms with Crippen molar-refractivity contribution in [3.05, 3.63) is 47.5 Å². The number of rotatable bonds is 4. The lowest BCUT2D eigenvalue weighted by Crippen LogP contribution is -2.09. The molecule has 0 unspecified atom stereocenters. The molecule has 3 aromatic rings. The van der Waals surface area contributed by atoms with E-state index in [0.29, 0.717) is 24.2 Å². The number of hydrogen-bond acceptors (Lipinski definition) is 3. The quantitative estimate of drug-likeness (QED) is 0.732. The lowest BCUT2D eigenvalue weighted by molar-refractivity contribution is 0.100. The molecule has 4 nitrogen and oxygen atoms in total. The number of carbonyl (C=O) groups is 2. The minimum atomic E-state index is 0.0318. The van der Waals surface area contributed by atoms with Gasteiger partial charge in [0.25, 0.3) is 0 Å². The van der Waals surface area contributed by atoms with Crippen LogP contribution in [0.4, 0.5) is 0 Å². The molecule has 0 saturated heterocycles. The molecule has 0 saturated carbocycles. The van der Waals surface area contributed by atoms with Gasteiger partial charge in [-0.15, -0.1) is 0 Å². The number of fused-ring (bicyclic) bond motifs is 3. The van der Waals surface area contributed by atoms with Crippen LogP contribution in [0.2, 0.25) is 0 Å². The molecule has 0 spiro atoms. The molecule has 2 aromatic carbocycles. The smallest absolute Gasteiger partial charge is 0.159 e. The summed E-state index contributed by atoms with van der Waals surface area (Å²) < 4.78 is 2.14. The van der Waals surface area contributed by atoms with Crippen LogP contribution in [0.15, 0.2) is 36.4 Å². The van der Waals surface area contributed by atoms with E-state index in [1.165, 1.54) is 0 Å². The van der Waals surface area contributed by atoms with Crippen molar-refractivity contribution in [1.29, 1.82) is 0 Å². The molecule has 3 rings (SSSR count). The highest BCUT2D eigenvalue weighted by molar-refractivity contribution is 6.12. The zero-order valence-corrected chi connectivity index (χ0v) is 14.7. The first-order valence-electron chi connectivity index (χ1n) is 8.31. The topological polar surface area (TPSA) is 65.1 Å². The Morgan fingerprint density at radius 1 is 0.875 bits per heavy atom. The summed E-state index contributed by atoms with van der Waals surface area (Å²) in [6, 6.07) is 11.4. The van der Waals surface area contributed by atoms with Crippen LogP contribution in [0.5, 0.6) is 0 Å². The SMILES string of the molecule is CC.CC(=O)c1ccc2c(c1)c1cc(C(C)=O)ccc1n2CCN. The molecule has 1 heterocycles. The first kappa shape index (κ1) is 17.9. The molecule has 0 aliphatic rings. The van der Waals surface area contributed by atoms with Crippen LogP contribution >= 0.6 is 0 Å². The molecule has 4 heteroatoms. The van der Waals surface area contributed by atoms with Crippen molar-refractivity contribution in [2.75, 3.05) is 6.54 Å². The third kappa shape index (κ3) is 3.10. The molecular weight excluding hydrogens is 300 g/mol. The second-order valence-corrected chi connectivity index (χ2v) is 5.52. The highest BCUT2D eigenvalue weighted by atomic mass is 16.1. The van der Waals surface area contributed by atoms with Crippen molar-refractivity contribution in [2.45, 2.75) is 34.2 Å². The van der Waals surface area contributed by atoms with Crippen molar-refractivity contribution in [3.63, 3.8) is 0 Å². The zero-order valence-electron chi connectivity index (χ0n) is 14.7. The van der Waals surface area contributed by atoms with E-state index in [0.717, 1.165) is 21.8 Å². The summed E-state index contributed by atoms with van der Waals surface area (Å²) in [6.07, 6.45) is 0. The van der Waals surface area contributed by atoms with E-state index in [-0.39, 0.29) is 11.6 Å². The van der Waals surface area contributed by atoms with Gasteiger partial charge in [-0.05, 0) is 50.2 Å². The maximum absolute atomic E-state index is 11.7. The van der Waals surface area contributed by atoms with E-state index in [1.807, 2.05) is 50.2 Å². The Labute approximate surface area is 142 Å². The summed E-state index contributed by atoms with van der Waals surface area (Å²) in [4.78, 5) is 23.3. The fraction of sp³-hybridized carbons (Fsp3) is 0.300. The summed E-state index contributed by atoms with van der Waals surface area (Å²) >= 11 is 0. The minimum absolute atomic E-state index is 0.0318. The van der Waals surface area contributed by atoms with Crippen LogP contribution in [0, 0.1) is 0 Å². The van der Waals surface area contributed by atoms with Gasteiger partial charge in [-0.3, -0.25) is 9.59 Å². The lowest BCUT2D eigenvalue weighted by Gasteiger charge is -2.05. The third-order valence-corrected chi connectivity index (χ3v) is 4.03. The van der Waals surface area contributed by atoms with E-state index in [1.54, 1.807) is 13.8 Å². The number of nitrogens with zero attached hydrogens (tertiary/aromatic N) is 1. The van der Waals surface area contributed by atoms with E-state index in [4.69, 9.17) is 5.73 Å². The van der Waals surface area contributed by atoms with Gasteiger partial charge in [-0.25, -0.2) is 0 Å². The van der Waals surface area contributed by atoms with Crippen molar-refractivity contribution in [1.82, 2.24) is 4.57 Å². The molecular formula is C20H24N2O2. The fourth-order valence-corrected chi connectivity index (χ4v) is 2.91. The molecule has 24 heavy (non-hydrogen) atoms. The molecule has 0 radical (unpaired) electrons. The summed E-state index contributed by atoms with van der Waals surface area (Å²) in [7, 11) is 0. The predicted octanol–water partition coefficient (Wildman–Crippen LogP) is 4.18. The highest BCUT2D eigenvalue weighted by Crippen LogP contribution is 2.30. The third-order valence-electron chi connectivity index (χ3n) is 4.03. The van der Waals surface area contributed by atoms with Crippen molar-refractivity contribution >= 4 is 33.4 Å². The highest BCUT2D eigenvalue weighted by Gasteiger charge is 2.13. The Kier molecular flexibility index (Phi) is 5.52. The van der Waals surface area contributed by atoms with Crippen LogP contribution < -0.4 is 5.73 Å². The van der Waals surface area contributed by atoms with Gasteiger partial charge >= 0.3 is 0 Å². The monoisotopic (exact) mass is 324 g/mol. The van der Waals surface area contributed by atoms with Gasteiger partial charge < -0.3 is 10.3 Å². The summed E-state index contributed by atoms with van der Waals surface area (Å²) in [6.45, 7) is 8.34. The lowest BCUT2D eigenvalue weighted by atomic mass is 10.0. The molecule has 0 amide bonds. The van der Waals surface area contributed by atoms with E-state index >= 15 is 0 Å². The molecule has 0 fully saturated rings. The number of aromatic nitrogens is 1. The van der Waals surface area contributed by atoms with Gasteiger partial charge in [0.05, 0.1) is 0 Å². The second-order valence-electron chi connectivity index (χ2n) is 5.52. The summed E-state index contributed by atoms with van der Waals surface area (Å²) in [5.41, 5.74) is 9.14. The van der Waals surface area contributed by atoms with Gasteiger partial charge in [-0.2, -0.15) is 0 Å². The first-order valence-corrected chi connectivity index (χ1v) is 8.31. The summed E-state index contributed by atoms with van der Waals surface area (Å²) in [5.74, 6) is 0.0636. The van der Waals surface area contributed by atoms with Crippen LogP contribution in [0.1, 0.15) is 48.4 Å². The summed E-state index contributed by atoms with van der Waals surface area (Å²) in [5, 5.41) is 1.97. The van der Waals surface area contributed by atoms with Crippen LogP contribution in [-0.2, 0) is 6.54 Å². The number of nitrogens with two attached hydrogens (primary N) is 1. The molecule has 2 N–H and O–H groups in total. The average Bonchev–Trinajstić information content (AvgIpc) is 2.90. The second kappa shape index (κ2) is 7.41. The van der Waals surface area contributed by atoms with E-state index in [2.05, 4.69) is 4.57 Å². The van der Waals surface area contributed by atoms with E-state index < -0.39 is 0 Å². The maximum atomic E-state index is 11.7. The molecule has 1 aromatic heterocycles. The Morgan fingerprint density at radius 2 is 1.29 bits per heavy atom. The normalized spacial score (nSPS) is 10.5. The van der Waals surface area contributed by atoms with Crippen LogP contribution in [-0.4, -0.2) is 22.7 Å². The number of benzene rings is 2. The first-order chi connectivity index (χ1) is 11.5. The number of ketones is 2. The number of Topliss-reactive ketones (excluding diaryl/α,β-unsaturated/α-hetero) is 2. The number of carbonyl (C=O) groups excluding carboxylic acids is 2. The predicted molar refractivity (Wildman–Crippen MR) is 99.9 cm³/mol. The Hall–Kier alpha value is -2.46. The van der Waals surface area contributed by atoms with Crippen LogP contribution in [0.25, 0.3) is 21.8 Å². The molecule has 0 bridgehead atoms. The molecule has 0 atom stereocenters. The van der Waals surface area contributed by atoms with Crippen molar-refractivity contribution in [2.24, 2.45) is 5.73 Å². The molecule has 0 aliphatic heterocycles. The zero-order chi connectivity index (χ0) is 17.9. The molecule has 0 aliphatic carbocycles. The largest absolute Gasteiger partial charge is 0.339 e. The standard InChI is InChI=1S/C18H18N2O2.C2H6/c1-11(21)13-3-5-17-15(9-13)16-10-14(12(2)22)4-6-18(16)20(17)8-7-19;1-2/h3-6,9-10H,7-8,19H2,1-2H3;1-2H3. The van der Waals surface area contributed by atoms with Gasteiger partial charge in [-0.1, -0.05) is 13.8 Å².